The van der Waals surface area contributed by atoms with E-state index in [0.717, 1.165) is 47.5 Å². The monoisotopic (exact) mass is 659 g/mol. The summed E-state index contributed by atoms with van der Waals surface area (Å²) in [5.74, 6) is -0.159. The molecule has 1 N–H and O–H groups in total. The second-order valence-corrected chi connectivity index (χ2v) is 13.8. The first-order chi connectivity index (χ1) is 21.0. The third-order valence-electron chi connectivity index (χ3n) is 7.91. The lowest BCUT2D eigenvalue weighted by Crippen LogP contribution is -2.54. The van der Waals surface area contributed by atoms with Gasteiger partial charge in [0.2, 0.25) is 11.8 Å². The van der Waals surface area contributed by atoms with Crippen LogP contribution in [0.2, 0.25) is 10.0 Å². The van der Waals surface area contributed by atoms with Crippen LogP contribution in [0.4, 0.5) is 5.69 Å². The van der Waals surface area contributed by atoms with Crippen LogP contribution >= 0.6 is 23.2 Å². The Kier molecular flexibility index (Phi) is 11.6. The molecule has 4 rings (SSSR count). The van der Waals surface area contributed by atoms with E-state index in [0.29, 0.717) is 12.2 Å². The summed E-state index contributed by atoms with van der Waals surface area (Å²) in [4.78, 5) is 29.5. The van der Waals surface area contributed by atoms with Crippen LogP contribution in [0, 0.1) is 6.92 Å². The van der Waals surface area contributed by atoms with Gasteiger partial charge in [0.05, 0.1) is 22.7 Å². The summed E-state index contributed by atoms with van der Waals surface area (Å²) in [6, 6.07) is 17.2. The van der Waals surface area contributed by atoms with Crippen LogP contribution in [0.5, 0.6) is 5.75 Å². The van der Waals surface area contributed by atoms with Crippen molar-refractivity contribution in [2.45, 2.75) is 75.9 Å². The van der Waals surface area contributed by atoms with Gasteiger partial charge in [0.1, 0.15) is 18.3 Å². The molecule has 1 fully saturated rings. The summed E-state index contributed by atoms with van der Waals surface area (Å²) in [6.45, 7) is 3.18. The molecule has 1 aliphatic carbocycles. The van der Waals surface area contributed by atoms with Crippen molar-refractivity contribution in [2.24, 2.45) is 0 Å². The Labute approximate surface area is 270 Å². The van der Waals surface area contributed by atoms with Gasteiger partial charge in [-0.15, -0.1) is 0 Å². The average Bonchev–Trinajstić information content (AvgIpc) is 3.02. The molecule has 8 nitrogen and oxygen atoms in total. The number of halogens is 2. The van der Waals surface area contributed by atoms with Crippen LogP contribution < -0.4 is 14.4 Å². The normalized spacial score (nSPS) is 14.5. The lowest BCUT2D eigenvalue weighted by molar-refractivity contribution is -0.140. The van der Waals surface area contributed by atoms with Crippen molar-refractivity contribution in [1.29, 1.82) is 0 Å². The fourth-order valence-corrected chi connectivity index (χ4v) is 7.28. The molecule has 2 amide bonds. The zero-order valence-electron chi connectivity index (χ0n) is 25.3. The lowest BCUT2D eigenvalue weighted by Gasteiger charge is -2.34. The largest absolute Gasteiger partial charge is 0.497 e. The van der Waals surface area contributed by atoms with Gasteiger partial charge in [-0.1, -0.05) is 79.2 Å². The number of sulfonamides is 1. The highest BCUT2D eigenvalue weighted by atomic mass is 35.5. The van der Waals surface area contributed by atoms with E-state index in [1.807, 2.05) is 26.0 Å². The standard InChI is InChI=1S/C33H39Cl2N3O5S/c1-4-30(33(40)36-26-8-6-5-7-9-26)37(21-24-12-15-27(43-3)16-13-24)32(39)22-38(31-20-25(34)14-19-29(31)35)44(41,42)28-17-10-23(2)11-18-28/h10-20,26,30H,4-9,21-22H2,1-3H3,(H,36,40)/t30-/m0/s1. The molecule has 44 heavy (non-hydrogen) atoms. The van der Waals surface area contributed by atoms with E-state index in [9.17, 15) is 18.0 Å². The topological polar surface area (TPSA) is 96.0 Å². The number of carbonyl (C=O) groups excluding carboxylic acids is 2. The Balaban J connectivity index is 1.73. The van der Waals surface area contributed by atoms with Crippen molar-refractivity contribution < 1.29 is 22.7 Å². The number of methoxy groups -OCH3 is 1. The van der Waals surface area contributed by atoms with Crippen molar-refractivity contribution in [3.8, 4) is 5.75 Å². The van der Waals surface area contributed by atoms with Gasteiger partial charge < -0.3 is 15.0 Å². The van der Waals surface area contributed by atoms with Gasteiger partial charge >= 0.3 is 0 Å². The molecule has 1 atom stereocenters. The summed E-state index contributed by atoms with van der Waals surface area (Å²) in [6.07, 6.45) is 5.35. The van der Waals surface area contributed by atoms with Crippen molar-refractivity contribution in [1.82, 2.24) is 10.2 Å². The number of benzene rings is 3. The molecular formula is C33H39Cl2N3O5S. The smallest absolute Gasteiger partial charge is 0.264 e. The van der Waals surface area contributed by atoms with Crippen molar-refractivity contribution in [2.75, 3.05) is 18.0 Å². The minimum atomic E-state index is -4.27. The number of nitrogens with zero attached hydrogens (tertiary/aromatic N) is 2. The molecule has 236 valence electrons. The molecule has 0 radical (unpaired) electrons. The van der Waals surface area contributed by atoms with Gasteiger partial charge in [0.25, 0.3) is 10.0 Å². The fourth-order valence-electron chi connectivity index (χ4n) is 5.42. The molecule has 0 heterocycles. The molecule has 1 aliphatic rings. The molecular weight excluding hydrogens is 621 g/mol. The molecule has 11 heteroatoms. The van der Waals surface area contributed by atoms with Gasteiger partial charge in [-0.3, -0.25) is 13.9 Å². The third kappa shape index (κ3) is 8.25. The third-order valence-corrected chi connectivity index (χ3v) is 10.2. The number of aryl methyl sites for hydroxylation is 1. The van der Waals surface area contributed by atoms with Crippen LogP contribution in [-0.4, -0.2) is 50.9 Å². The second-order valence-electron chi connectivity index (χ2n) is 11.1. The number of hydrogen-bond donors (Lipinski definition) is 1. The van der Waals surface area contributed by atoms with E-state index >= 15 is 0 Å². The van der Waals surface area contributed by atoms with Gasteiger partial charge in [-0.25, -0.2) is 8.42 Å². The Morgan fingerprint density at radius 1 is 0.977 bits per heavy atom. The minimum absolute atomic E-state index is 0.00395. The number of ether oxygens (including phenoxy) is 1. The Morgan fingerprint density at radius 2 is 1.64 bits per heavy atom. The molecule has 0 aromatic heterocycles. The Bertz CT molecular complexity index is 1540. The van der Waals surface area contributed by atoms with E-state index in [1.54, 1.807) is 37.4 Å². The highest BCUT2D eigenvalue weighted by Crippen LogP contribution is 2.33. The maximum atomic E-state index is 14.3. The van der Waals surface area contributed by atoms with Crippen molar-refractivity contribution >= 4 is 50.7 Å². The summed E-state index contributed by atoms with van der Waals surface area (Å²) in [7, 11) is -2.70. The summed E-state index contributed by atoms with van der Waals surface area (Å²) >= 11 is 12.8. The second kappa shape index (κ2) is 15.1. The van der Waals surface area contributed by atoms with Crippen LogP contribution in [0.3, 0.4) is 0 Å². The summed E-state index contributed by atoms with van der Waals surface area (Å²) < 4.78 is 34.4. The first-order valence-electron chi connectivity index (χ1n) is 14.8. The number of anilines is 1. The highest BCUT2D eigenvalue weighted by Gasteiger charge is 2.35. The first kappa shape index (κ1) is 33.6. The van der Waals surface area contributed by atoms with Gasteiger partial charge in [-0.05, 0) is 74.2 Å². The van der Waals surface area contributed by atoms with E-state index in [1.165, 1.54) is 29.2 Å². The number of amides is 2. The number of carbonyl (C=O) groups is 2. The molecule has 1 saturated carbocycles. The minimum Gasteiger partial charge on any atom is -0.497 e. The number of rotatable bonds is 12. The van der Waals surface area contributed by atoms with E-state index in [-0.39, 0.29) is 39.1 Å². The van der Waals surface area contributed by atoms with Crippen LogP contribution in [0.15, 0.2) is 71.6 Å². The van der Waals surface area contributed by atoms with Gasteiger partial charge in [0.15, 0.2) is 0 Å². The maximum absolute atomic E-state index is 14.3. The van der Waals surface area contributed by atoms with Crippen LogP contribution in [0.1, 0.15) is 56.6 Å². The number of nitrogens with one attached hydrogen (secondary N) is 1. The predicted octanol–water partition coefficient (Wildman–Crippen LogP) is 6.76. The maximum Gasteiger partial charge on any atom is 0.264 e. The molecule has 0 spiro atoms. The molecule has 0 aliphatic heterocycles. The van der Waals surface area contributed by atoms with E-state index < -0.39 is 28.5 Å². The van der Waals surface area contributed by atoms with E-state index in [4.69, 9.17) is 27.9 Å². The number of hydrogen-bond acceptors (Lipinski definition) is 5. The SMILES string of the molecule is CC[C@@H](C(=O)NC1CCCCC1)N(Cc1ccc(OC)cc1)C(=O)CN(c1cc(Cl)ccc1Cl)S(=O)(=O)c1ccc(C)cc1. The zero-order valence-corrected chi connectivity index (χ0v) is 27.6. The summed E-state index contributed by atoms with van der Waals surface area (Å²) in [5.41, 5.74) is 1.71. The van der Waals surface area contributed by atoms with E-state index in [2.05, 4.69) is 5.32 Å². The fraction of sp³-hybridized carbons (Fsp3) is 0.394. The van der Waals surface area contributed by atoms with Crippen molar-refractivity contribution in [3.05, 3.63) is 87.9 Å². The van der Waals surface area contributed by atoms with Gasteiger partial charge in [-0.2, -0.15) is 0 Å². The molecule has 0 bridgehead atoms. The Morgan fingerprint density at radius 3 is 2.25 bits per heavy atom. The van der Waals surface area contributed by atoms with Crippen LogP contribution in [0.25, 0.3) is 0 Å². The molecule has 3 aromatic rings. The molecule has 0 saturated heterocycles. The summed E-state index contributed by atoms with van der Waals surface area (Å²) in [5, 5.41) is 3.52. The molecule has 0 unspecified atom stereocenters. The predicted molar refractivity (Wildman–Crippen MR) is 175 cm³/mol. The lowest BCUT2D eigenvalue weighted by atomic mass is 9.95. The zero-order chi connectivity index (χ0) is 31.9. The van der Waals surface area contributed by atoms with Crippen molar-refractivity contribution in [3.63, 3.8) is 0 Å². The molecule has 3 aromatic carbocycles. The first-order valence-corrected chi connectivity index (χ1v) is 17.0. The average molecular weight is 661 g/mol. The quantitative estimate of drug-likeness (QED) is 0.232. The van der Waals surface area contributed by atoms with Crippen LogP contribution in [-0.2, 0) is 26.2 Å². The highest BCUT2D eigenvalue weighted by molar-refractivity contribution is 7.92. The Hall–Kier alpha value is -3.27. The van der Waals surface area contributed by atoms with Gasteiger partial charge in [0, 0.05) is 17.6 Å².